The van der Waals surface area contributed by atoms with Crippen LogP contribution in [0.5, 0.6) is 0 Å². The number of thiophene rings is 1. The first-order valence-corrected chi connectivity index (χ1v) is 7.33. The zero-order chi connectivity index (χ0) is 14.8. The van der Waals surface area contributed by atoms with Crippen molar-refractivity contribution in [3.05, 3.63) is 53.6 Å². The van der Waals surface area contributed by atoms with Gasteiger partial charge in [0.05, 0.1) is 18.0 Å². The standard InChI is InChI=1S/C15H14N2O3S/c1-10(11-5-6-12(20-11)15(18)19-2)17-8-7-16-14(17)13-4-3-9-21-13/h3-10H,1-2H3. The van der Waals surface area contributed by atoms with E-state index in [9.17, 15) is 4.79 Å². The minimum atomic E-state index is -0.474. The molecule has 0 aliphatic carbocycles. The largest absolute Gasteiger partial charge is 0.463 e. The van der Waals surface area contributed by atoms with Gasteiger partial charge in [-0.3, -0.25) is 0 Å². The van der Waals surface area contributed by atoms with E-state index >= 15 is 0 Å². The summed E-state index contributed by atoms with van der Waals surface area (Å²) in [7, 11) is 1.33. The van der Waals surface area contributed by atoms with E-state index in [0.29, 0.717) is 5.76 Å². The Morgan fingerprint density at radius 2 is 2.29 bits per heavy atom. The molecule has 0 bridgehead atoms. The molecule has 108 valence electrons. The van der Waals surface area contributed by atoms with Gasteiger partial charge in [0, 0.05) is 12.4 Å². The molecule has 0 amide bonds. The molecule has 0 fully saturated rings. The summed E-state index contributed by atoms with van der Waals surface area (Å²) in [6, 6.07) is 7.36. The van der Waals surface area contributed by atoms with Gasteiger partial charge < -0.3 is 13.7 Å². The summed E-state index contributed by atoms with van der Waals surface area (Å²) in [6.07, 6.45) is 3.66. The number of methoxy groups -OCH3 is 1. The molecular formula is C15H14N2O3S. The number of hydrogen-bond acceptors (Lipinski definition) is 5. The van der Waals surface area contributed by atoms with E-state index in [1.54, 1.807) is 29.7 Å². The lowest BCUT2D eigenvalue weighted by molar-refractivity contribution is 0.0562. The van der Waals surface area contributed by atoms with Gasteiger partial charge in [-0.25, -0.2) is 9.78 Å². The molecule has 0 N–H and O–H groups in total. The molecule has 1 atom stereocenters. The highest BCUT2D eigenvalue weighted by Crippen LogP contribution is 2.29. The molecule has 0 aliphatic heterocycles. The maximum atomic E-state index is 11.5. The summed E-state index contributed by atoms with van der Waals surface area (Å²) in [5.41, 5.74) is 0. The molecular weight excluding hydrogens is 288 g/mol. The van der Waals surface area contributed by atoms with E-state index in [-0.39, 0.29) is 11.8 Å². The highest BCUT2D eigenvalue weighted by molar-refractivity contribution is 7.13. The Kier molecular flexibility index (Phi) is 3.62. The van der Waals surface area contributed by atoms with Gasteiger partial charge in [0.15, 0.2) is 5.82 Å². The van der Waals surface area contributed by atoms with E-state index in [2.05, 4.69) is 9.72 Å². The average molecular weight is 302 g/mol. The maximum Gasteiger partial charge on any atom is 0.373 e. The highest BCUT2D eigenvalue weighted by Gasteiger charge is 2.19. The summed E-state index contributed by atoms with van der Waals surface area (Å²) < 4.78 is 12.2. The molecule has 5 nitrogen and oxygen atoms in total. The fourth-order valence-electron chi connectivity index (χ4n) is 2.15. The molecule has 6 heteroatoms. The predicted octanol–water partition coefficient (Wildman–Crippen LogP) is 3.60. The topological polar surface area (TPSA) is 57.3 Å². The monoisotopic (exact) mass is 302 g/mol. The Bertz CT molecular complexity index is 743. The number of furan rings is 1. The van der Waals surface area contributed by atoms with Gasteiger partial charge in [0.2, 0.25) is 5.76 Å². The number of imidazole rings is 1. The van der Waals surface area contributed by atoms with Crippen LogP contribution in [0.15, 0.2) is 46.5 Å². The van der Waals surface area contributed by atoms with Gasteiger partial charge in [-0.15, -0.1) is 11.3 Å². The average Bonchev–Trinajstić information content (AvgIpc) is 3.25. The molecule has 0 spiro atoms. The highest BCUT2D eigenvalue weighted by atomic mass is 32.1. The lowest BCUT2D eigenvalue weighted by Crippen LogP contribution is -2.06. The quantitative estimate of drug-likeness (QED) is 0.691. The van der Waals surface area contributed by atoms with Crippen LogP contribution in [-0.2, 0) is 4.74 Å². The third kappa shape index (κ3) is 2.50. The lowest BCUT2D eigenvalue weighted by atomic mass is 10.2. The number of carbonyl (C=O) groups excluding carboxylic acids is 1. The Morgan fingerprint density at radius 3 is 3.00 bits per heavy atom. The van der Waals surface area contributed by atoms with Crippen molar-refractivity contribution in [2.24, 2.45) is 0 Å². The molecule has 0 aliphatic rings. The second kappa shape index (κ2) is 5.57. The second-order valence-electron chi connectivity index (χ2n) is 4.50. The Labute approximate surface area is 125 Å². The summed E-state index contributed by atoms with van der Waals surface area (Å²) in [6.45, 7) is 2.00. The fourth-order valence-corrected chi connectivity index (χ4v) is 2.87. The molecule has 0 aromatic carbocycles. The van der Waals surface area contributed by atoms with E-state index in [4.69, 9.17) is 4.42 Å². The van der Waals surface area contributed by atoms with E-state index in [1.807, 2.05) is 35.2 Å². The first-order chi connectivity index (χ1) is 10.2. The molecule has 0 radical (unpaired) electrons. The van der Waals surface area contributed by atoms with Crippen LogP contribution in [-0.4, -0.2) is 22.6 Å². The molecule has 0 saturated carbocycles. The molecule has 3 heterocycles. The third-order valence-electron chi connectivity index (χ3n) is 3.25. The van der Waals surface area contributed by atoms with Gasteiger partial charge >= 0.3 is 5.97 Å². The van der Waals surface area contributed by atoms with Crippen molar-refractivity contribution in [2.75, 3.05) is 7.11 Å². The first kappa shape index (κ1) is 13.6. The maximum absolute atomic E-state index is 11.5. The van der Waals surface area contributed by atoms with E-state index in [1.165, 1.54) is 7.11 Å². The molecule has 1 unspecified atom stereocenters. The number of esters is 1. The number of aromatic nitrogens is 2. The Balaban J connectivity index is 1.93. The number of nitrogens with zero attached hydrogens (tertiary/aromatic N) is 2. The number of rotatable bonds is 4. The zero-order valence-electron chi connectivity index (χ0n) is 11.6. The van der Waals surface area contributed by atoms with Crippen molar-refractivity contribution >= 4 is 17.3 Å². The Hall–Kier alpha value is -2.34. The predicted molar refractivity (Wildman–Crippen MR) is 79.4 cm³/mol. The van der Waals surface area contributed by atoms with Crippen LogP contribution in [0.3, 0.4) is 0 Å². The molecule has 0 saturated heterocycles. The van der Waals surface area contributed by atoms with Gasteiger partial charge in [-0.2, -0.15) is 0 Å². The summed E-state index contributed by atoms with van der Waals surface area (Å²) in [5, 5.41) is 2.02. The van der Waals surface area contributed by atoms with Crippen LogP contribution < -0.4 is 0 Å². The van der Waals surface area contributed by atoms with Gasteiger partial charge in [-0.1, -0.05) is 6.07 Å². The van der Waals surface area contributed by atoms with Crippen molar-refractivity contribution < 1.29 is 13.9 Å². The molecule has 21 heavy (non-hydrogen) atoms. The van der Waals surface area contributed by atoms with Crippen LogP contribution in [0.2, 0.25) is 0 Å². The summed E-state index contributed by atoms with van der Waals surface area (Å²) in [5.74, 6) is 1.30. The van der Waals surface area contributed by atoms with Crippen molar-refractivity contribution in [1.82, 2.24) is 9.55 Å². The van der Waals surface area contributed by atoms with Crippen LogP contribution in [0.25, 0.3) is 10.7 Å². The van der Waals surface area contributed by atoms with Crippen molar-refractivity contribution in [3.8, 4) is 10.7 Å². The Morgan fingerprint density at radius 1 is 1.43 bits per heavy atom. The van der Waals surface area contributed by atoms with E-state index in [0.717, 1.165) is 10.7 Å². The van der Waals surface area contributed by atoms with Crippen LogP contribution in [0.4, 0.5) is 0 Å². The minimum absolute atomic E-state index is 0.0667. The number of carbonyl (C=O) groups is 1. The normalized spacial score (nSPS) is 12.3. The molecule has 3 aromatic rings. The lowest BCUT2D eigenvalue weighted by Gasteiger charge is -2.13. The summed E-state index contributed by atoms with van der Waals surface area (Å²) in [4.78, 5) is 16.9. The minimum Gasteiger partial charge on any atom is -0.463 e. The number of ether oxygens (including phenoxy) is 1. The van der Waals surface area contributed by atoms with Crippen molar-refractivity contribution in [3.63, 3.8) is 0 Å². The van der Waals surface area contributed by atoms with Crippen LogP contribution in [0, 0.1) is 0 Å². The second-order valence-corrected chi connectivity index (χ2v) is 5.45. The van der Waals surface area contributed by atoms with Crippen molar-refractivity contribution in [1.29, 1.82) is 0 Å². The number of hydrogen-bond donors (Lipinski definition) is 0. The van der Waals surface area contributed by atoms with Crippen LogP contribution in [0.1, 0.15) is 29.3 Å². The third-order valence-corrected chi connectivity index (χ3v) is 4.12. The van der Waals surface area contributed by atoms with E-state index < -0.39 is 5.97 Å². The fraction of sp³-hybridized carbons (Fsp3) is 0.200. The first-order valence-electron chi connectivity index (χ1n) is 6.45. The SMILES string of the molecule is COC(=O)c1ccc(C(C)n2ccnc2-c2cccs2)o1. The van der Waals surface area contributed by atoms with Crippen LogP contribution >= 0.6 is 11.3 Å². The van der Waals surface area contributed by atoms with Gasteiger partial charge in [0.1, 0.15) is 5.76 Å². The smallest absolute Gasteiger partial charge is 0.373 e. The van der Waals surface area contributed by atoms with Gasteiger partial charge in [0.25, 0.3) is 0 Å². The summed E-state index contributed by atoms with van der Waals surface area (Å²) >= 11 is 1.63. The van der Waals surface area contributed by atoms with Crippen molar-refractivity contribution in [2.45, 2.75) is 13.0 Å². The molecule has 3 aromatic heterocycles. The van der Waals surface area contributed by atoms with Gasteiger partial charge in [-0.05, 0) is 30.5 Å². The zero-order valence-corrected chi connectivity index (χ0v) is 12.5. The molecule has 3 rings (SSSR count).